The lowest BCUT2D eigenvalue weighted by molar-refractivity contribution is -0.115. The van der Waals surface area contributed by atoms with Crippen LogP contribution in [0, 0.1) is 6.92 Å². The summed E-state index contributed by atoms with van der Waals surface area (Å²) >= 11 is 1.48. The summed E-state index contributed by atoms with van der Waals surface area (Å²) in [7, 11) is 0. The van der Waals surface area contributed by atoms with E-state index in [1.165, 1.54) is 23.5 Å². The molecular weight excluding hydrogens is 236 g/mol. The Labute approximate surface area is 103 Å². The normalized spacial score (nSPS) is 10.2. The fourth-order valence-corrected chi connectivity index (χ4v) is 2.14. The van der Waals surface area contributed by atoms with Gasteiger partial charge in [0.15, 0.2) is 0 Å². The molecule has 0 aliphatic carbocycles. The number of aryl methyl sites for hydroxylation is 1. The number of nitrogens with zero attached hydrogens (tertiary/aromatic N) is 1. The van der Waals surface area contributed by atoms with E-state index in [-0.39, 0.29) is 18.1 Å². The Bertz CT molecular complexity index is 520. The molecule has 0 unspecified atom stereocenters. The number of hydrogen-bond donors (Lipinski definition) is 2. The Morgan fingerprint density at radius 2 is 2.12 bits per heavy atom. The zero-order valence-electron chi connectivity index (χ0n) is 9.30. The van der Waals surface area contributed by atoms with E-state index in [0.29, 0.717) is 5.69 Å². The predicted octanol–water partition coefficient (Wildman–Crippen LogP) is 2.34. The van der Waals surface area contributed by atoms with Crippen LogP contribution in [0.3, 0.4) is 0 Å². The average Bonchev–Trinajstić information content (AvgIpc) is 2.67. The number of aromatic hydroxyl groups is 1. The summed E-state index contributed by atoms with van der Waals surface area (Å²) in [5.74, 6) is 0.0728. The number of amides is 1. The molecule has 0 aliphatic rings. The van der Waals surface area contributed by atoms with Gasteiger partial charge in [0.05, 0.1) is 6.42 Å². The zero-order chi connectivity index (χ0) is 12.3. The summed E-state index contributed by atoms with van der Waals surface area (Å²) in [6, 6.07) is 6.37. The van der Waals surface area contributed by atoms with Crippen molar-refractivity contribution in [1.29, 1.82) is 0 Å². The predicted molar refractivity (Wildman–Crippen MR) is 67.3 cm³/mol. The molecule has 4 nitrogen and oxygen atoms in total. The van der Waals surface area contributed by atoms with Crippen LogP contribution in [0.25, 0.3) is 0 Å². The van der Waals surface area contributed by atoms with Gasteiger partial charge in [-0.2, -0.15) is 0 Å². The van der Waals surface area contributed by atoms with Crippen molar-refractivity contribution < 1.29 is 9.90 Å². The standard InChI is InChI=1S/C12H12N2O2S/c1-8-7-17-12(13-8)6-11(16)14-9-2-4-10(15)5-3-9/h2-5,7,15H,6H2,1H3,(H,14,16). The number of thiazole rings is 1. The minimum atomic E-state index is -0.106. The smallest absolute Gasteiger partial charge is 0.231 e. The third-order valence-corrected chi connectivity index (χ3v) is 3.10. The number of carbonyl (C=O) groups is 1. The first-order valence-corrected chi connectivity index (χ1v) is 6.01. The molecule has 1 heterocycles. The number of carbonyl (C=O) groups excluding carboxylic acids is 1. The van der Waals surface area contributed by atoms with Crippen molar-refractivity contribution in [3.63, 3.8) is 0 Å². The Morgan fingerprint density at radius 3 is 2.71 bits per heavy atom. The van der Waals surface area contributed by atoms with E-state index in [9.17, 15) is 4.79 Å². The highest BCUT2D eigenvalue weighted by Gasteiger charge is 2.07. The van der Waals surface area contributed by atoms with Crippen LogP contribution in [0.5, 0.6) is 5.75 Å². The van der Waals surface area contributed by atoms with Gasteiger partial charge in [0, 0.05) is 16.8 Å². The highest BCUT2D eigenvalue weighted by Crippen LogP contribution is 2.15. The van der Waals surface area contributed by atoms with Crippen molar-refractivity contribution in [2.24, 2.45) is 0 Å². The van der Waals surface area contributed by atoms with Crippen LogP contribution in [-0.2, 0) is 11.2 Å². The third-order valence-electron chi connectivity index (χ3n) is 2.13. The monoisotopic (exact) mass is 248 g/mol. The first-order valence-electron chi connectivity index (χ1n) is 5.13. The van der Waals surface area contributed by atoms with Gasteiger partial charge in [0.25, 0.3) is 0 Å². The van der Waals surface area contributed by atoms with Crippen LogP contribution in [0.15, 0.2) is 29.6 Å². The summed E-state index contributed by atoms with van der Waals surface area (Å²) in [5.41, 5.74) is 1.60. The molecule has 0 saturated heterocycles. The van der Waals surface area contributed by atoms with E-state index in [2.05, 4.69) is 10.3 Å². The number of anilines is 1. The number of aromatic nitrogens is 1. The summed E-state index contributed by atoms with van der Waals surface area (Å²) in [6.07, 6.45) is 0.277. The molecule has 0 saturated carbocycles. The molecule has 17 heavy (non-hydrogen) atoms. The number of benzene rings is 1. The van der Waals surface area contributed by atoms with Gasteiger partial charge in [-0.05, 0) is 31.2 Å². The van der Waals surface area contributed by atoms with Crippen LogP contribution in [0.1, 0.15) is 10.7 Å². The van der Waals surface area contributed by atoms with Gasteiger partial charge >= 0.3 is 0 Å². The largest absolute Gasteiger partial charge is 0.508 e. The Kier molecular flexibility index (Phi) is 3.39. The third kappa shape index (κ3) is 3.29. The van der Waals surface area contributed by atoms with E-state index in [1.54, 1.807) is 12.1 Å². The number of phenols is 1. The summed E-state index contributed by atoms with van der Waals surface area (Å²) in [5, 5.41) is 14.6. The van der Waals surface area contributed by atoms with E-state index in [4.69, 9.17) is 5.11 Å². The molecule has 0 fully saturated rings. The topological polar surface area (TPSA) is 62.2 Å². The van der Waals surface area contributed by atoms with E-state index in [1.807, 2.05) is 12.3 Å². The quantitative estimate of drug-likeness (QED) is 0.819. The minimum Gasteiger partial charge on any atom is -0.508 e. The van der Waals surface area contributed by atoms with Gasteiger partial charge in [-0.3, -0.25) is 4.79 Å². The molecule has 2 rings (SSSR count). The molecule has 1 aromatic carbocycles. The lowest BCUT2D eigenvalue weighted by Gasteiger charge is -2.03. The number of hydrogen-bond acceptors (Lipinski definition) is 4. The van der Waals surface area contributed by atoms with Crippen LogP contribution in [0.4, 0.5) is 5.69 Å². The summed E-state index contributed by atoms with van der Waals surface area (Å²) in [4.78, 5) is 15.9. The van der Waals surface area contributed by atoms with Gasteiger partial charge in [-0.15, -0.1) is 11.3 Å². The molecule has 88 valence electrons. The fourth-order valence-electron chi connectivity index (χ4n) is 1.37. The average molecular weight is 248 g/mol. The molecule has 1 amide bonds. The SMILES string of the molecule is Cc1csc(CC(=O)Nc2ccc(O)cc2)n1. The maximum absolute atomic E-state index is 11.7. The van der Waals surface area contributed by atoms with Gasteiger partial charge in [-0.1, -0.05) is 0 Å². The van der Waals surface area contributed by atoms with Gasteiger partial charge in [-0.25, -0.2) is 4.98 Å². The van der Waals surface area contributed by atoms with Crippen LogP contribution in [0.2, 0.25) is 0 Å². The summed E-state index contributed by atoms with van der Waals surface area (Å²) < 4.78 is 0. The maximum Gasteiger partial charge on any atom is 0.231 e. The zero-order valence-corrected chi connectivity index (χ0v) is 10.1. The van der Waals surface area contributed by atoms with Crippen molar-refractivity contribution in [1.82, 2.24) is 4.98 Å². The first-order chi connectivity index (χ1) is 8.13. The van der Waals surface area contributed by atoms with Crippen molar-refractivity contribution in [2.75, 3.05) is 5.32 Å². The van der Waals surface area contributed by atoms with Crippen LogP contribution < -0.4 is 5.32 Å². The molecule has 0 bridgehead atoms. The lowest BCUT2D eigenvalue weighted by atomic mass is 10.3. The Hall–Kier alpha value is -1.88. The highest BCUT2D eigenvalue weighted by molar-refractivity contribution is 7.09. The van der Waals surface area contributed by atoms with E-state index in [0.717, 1.165) is 10.7 Å². The van der Waals surface area contributed by atoms with E-state index < -0.39 is 0 Å². The van der Waals surface area contributed by atoms with Gasteiger partial charge in [0.1, 0.15) is 10.8 Å². The van der Waals surface area contributed by atoms with Crippen molar-refractivity contribution >= 4 is 22.9 Å². The molecule has 0 atom stereocenters. The van der Waals surface area contributed by atoms with Crippen molar-refractivity contribution in [3.05, 3.63) is 40.3 Å². The number of rotatable bonds is 3. The molecule has 2 aromatic rings. The Balaban J connectivity index is 1.95. The molecule has 0 spiro atoms. The van der Waals surface area contributed by atoms with Crippen LogP contribution >= 0.6 is 11.3 Å². The minimum absolute atomic E-state index is 0.106. The van der Waals surface area contributed by atoms with E-state index >= 15 is 0 Å². The molecule has 0 radical (unpaired) electrons. The lowest BCUT2D eigenvalue weighted by Crippen LogP contribution is -2.14. The van der Waals surface area contributed by atoms with Crippen LogP contribution in [-0.4, -0.2) is 16.0 Å². The summed E-state index contributed by atoms with van der Waals surface area (Å²) in [6.45, 7) is 1.90. The molecule has 0 aliphatic heterocycles. The molecule has 2 N–H and O–H groups in total. The number of nitrogens with one attached hydrogen (secondary N) is 1. The van der Waals surface area contributed by atoms with Gasteiger partial charge < -0.3 is 10.4 Å². The van der Waals surface area contributed by atoms with Crippen molar-refractivity contribution in [3.8, 4) is 5.75 Å². The number of phenolic OH excluding ortho intramolecular Hbond substituents is 1. The highest BCUT2D eigenvalue weighted by atomic mass is 32.1. The fraction of sp³-hybridized carbons (Fsp3) is 0.167. The molecular formula is C12H12N2O2S. The molecule has 5 heteroatoms. The second-order valence-corrected chi connectivity index (χ2v) is 4.60. The second-order valence-electron chi connectivity index (χ2n) is 3.65. The molecule has 1 aromatic heterocycles. The maximum atomic E-state index is 11.7. The van der Waals surface area contributed by atoms with Crippen molar-refractivity contribution in [2.45, 2.75) is 13.3 Å². The first kappa shape index (κ1) is 11.6. The van der Waals surface area contributed by atoms with Gasteiger partial charge in [0.2, 0.25) is 5.91 Å². The Morgan fingerprint density at radius 1 is 1.41 bits per heavy atom. The second kappa shape index (κ2) is 4.97.